The number of nitrogens with one attached hydrogen (secondary N) is 2. The molecule has 1 amide bonds. The SMILES string of the molecule is Cc1c(CCN2CCC3(CCN(c4cc[nH]c(=O)c4Oc4ccc(F)cc4C(=O)N(C)C)C3)C2)ccc2[nH]c(C#N)cc12. The van der Waals surface area contributed by atoms with Crippen molar-refractivity contribution in [3.63, 3.8) is 0 Å². The highest BCUT2D eigenvalue weighted by atomic mass is 19.1. The fraction of sp³-hybridized carbons (Fsp3) is 0.364. The number of carbonyl (C=O) groups is 1. The van der Waals surface area contributed by atoms with Crippen LogP contribution in [0.3, 0.4) is 0 Å². The van der Waals surface area contributed by atoms with E-state index < -0.39 is 17.3 Å². The summed E-state index contributed by atoms with van der Waals surface area (Å²) < 4.78 is 20.1. The van der Waals surface area contributed by atoms with Gasteiger partial charge in [0.15, 0.2) is 0 Å². The van der Waals surface area contributed by atoms with Crippen LogP contribution in [0, 0.1) is 29.5 Å². The van der Waals surface area contributed by atoms with Crippen molar-refractivity contribution < 1.29 is 13.9 Å². The number of aromatic amines is 2. The maximum Gasteiger partial charge on any atom is 0.293 e. The Labute approximate surface area is 249 Å². The zero-order valence-electron chi connectivity index (χ0n) is 24.7. The molecule has 10 heteroatoms. The average molecular weight is 583 g/mol. The number of fused-ring (bicyclic) bond motifs is 1. The van der Waals surface area contributed by atoms with E-state index in [-0.39, 0.29) is 22.5 Å². The van der Waals surface area contributed by atoms with Crippen LogP contribution in [-0.2, 0) is 6.42 Å². The van der Waals surface area contributed by atoms with Gasteiger partial charge in [-0.05, 0) is 80.3 Å². The van der Waals surface area contributed by atoms with Crippen molar-refractivity contribution >= 4 is 22.5 Å². The van der Waals surface area contributed by atoms with Gasteiger partial charge in [0.25, 0.3) is 11.5 Å². The molecule has 2 aliphatic heterocycles. The zero-order chi connectivity index (χ0) is 30.3. The summed E-state index contributed by atoms with van der Waals surface area (Å²) in [4.78, 5) is 37.6. The standard InChI is InChI=1S/C33H35FN6O3/c1-21-22(4-6-27-25(21)17-24(18-35)37-27)9-13-39-14-10-33(19-39)11-15-40(20-33)28-8-12-36-31(41)30(28)43-29-7-5-23(34)16-26(29)32(42)38(2)3/h4-8,12,16-17,37H,9-11,13-15,19-20H2,1-3H3,(H,36,41). The summed E-state index contributed by atoms with van der Waals surface area (Å²) in [5, 5.41) is 10.4. The van der Waals surface area contributed by atoms with Crippen LogP contribution in [0.5, 0.6) is 11.5 Å². The fourth-order valence-corrected chi connectivity index (χ4v) is 6.61. The van der Waals surface area contributed by atoms with Crippen LogP contribution < -0.4 is 15.2 Å². The van der Waals surface area contributed by atoms with Crippen molar-refractivity contribution in [2.24, 2.45) is 5.41 Å². The van der Waals surface area contributed by atoms with E-state index in [2.05, 4.69) is 44.9 Å². The summed E-state index contributed by atoms with van der Waals surface area (Å²) in [6.45, 7) is 6.65. The second-order valence-electron chi connectivity index (χ2n) is 12.0. The molecular formula is C33H35FN6O3. The van der Waals surface area contributed by atoms with Crippen LogP contribution in [0.15, 0.2) is 53.5 Å². The molecular weight excluding hydrogens is 547 g/mol. The molecule has 4 heterocycles. The Balaban J connectivity index is 1.16. The summed E-state index contributed by atoms with van der Waals surface area (Å²) in [6, 6.07) is 13.9. The van der Waals surface area contributed by atoms with Crippen molar-refractivity contribution in [1.29, 1.82) is 5.26 Å². The molecule has 6 rings (SSSR count). The Hall–Kier alpha value is -4.62. The lowest BCUT2D eigenvalue weighted by atomic mass is 9.86. The molecule has 43 heavy (non-hydrogen) atoms. The van der Waals surface area contributed by atoms with Gasteiger partial charge in [-0.15, -0.1) is 0 Å². The van der Waals surface area contributed by atoms with Gasteiger partial charge in [-0.1, -0.05) is 6.07 Å². The molecule has 1 unspecified atom stereocenters. The Kier molecular flexibility index (Phi) is 7.44. The van der Waals surface area contributed by atoms with Crippen LogP contribution >= 0.6 is 0 Å². The molecule has 0 radical (unpaired) electrons. The Morgan fingerprint density at radius 3 is 2.74 bits per heavy atom. The summed E-state index contributed by atoms with van der Waals surface area (Å²) in [5.74, 6) is -0.731. The average Bonchev–Trinajstić information content (AvgIpc) is 3.73. The number of ether oxygens (including phenoxy) is 1. The third-order valence-electron chi connectivity index (χ3n) is 8.98. The largest absolute Gasteiger partial charge is 0.448 e. The lowest BCUT2D eigenvalue weighted by Crippen LogP contribution is -2.32. The molecule has 0 bridgehead atoms. The number of carbonyl (C=O) groups excluding carboxylic acids is 1. The van der Waals surface area contributed by atoms with Crippen LogP contribution in [-0.4, -0.2) is 72.5 Å². The van der Waals surface area contributed by atoms with E-state index in [4.69, 9.17) is 4.74 Å². The second-order valence-corrected chi connectivity index (χ2v) is 12.0. The lowest BCUT2D eigenvalue weighted by molar-refractivity contribution is 0.0824. The van der Waals surface area contributed by atoms with E-state index >= 15 is 0 Å². The number of aryl methyl sites for hydroxylation is 1. The molecule has 1 atom stereocenters. The number of H-pyrrole nitrogens is 2. The highest BCUT2D eigenvalue weighted by molar-refractivity contribution is 5.96. The van der Waals surface area contributed by atoms with Crippen LogP contribution in [0.4, 0.5) is 10.1 Å². The minimum absolute atomic E-state index is 0.0555. The first-order chi connectivity index (χ1) is 20.7. The number of benzene rings is 2. The normalized spacial score (nSPS) is 18.4. The third kappa shape index (κ3) is 5.48. The van der Waals surface area contributed by atoms with Gasteiger partial charge in [-0.25, -0.2) is 4.39 Å². The number of rotatable bonds is 7. The van der Waals surface area contributed by atoms with E-state index in [0.29, 0.717) is 11.4 Å². The van der Waals surface area contributed by atoms with Crippen molar-refractivity contribution in [2.75, 3.05) is 51.7 Å². The molecule has 2 saturated heterocycles. The molecule has 0 aliphatic carbocycles. The van der Waals surface area contributed by atoms with Gasteiger partial charge >= 0.3 is 0 Å². The summed E-state index contributed by atoms with van der Waals surface area (Å²) in [6.07, 6.45) is 4.62. The minimum atomic E-state index is -0.555. The van der Waals surface area contributed by atoms with Crippen molar-refractivity contribution in [3.8, 4) is 17.6 Å². The third-order valence-corrected chi connectivity index (χ3v) is 8.98. The molecule has 222 valence electrons. The van der Waals surface area contributed by atoms with Crippen molar-refractivity contribution in [2.45, 2.75) is 26.2 Å². The molecule has 2 N–H and O–H groups in total. The Morgan fingerprint density at radius 1 is 1.14 bits per heavy atom. The number of aromatic nitrogens is 2. The molecule has 2 aromatic carbocycles. The summed E-state index contributed by atoms with van der Waals surface area (Å²) in [5.41, 5.74) is 4.51. The zero-order valence-corrected chi connectivity index (χ0v) is 24.7. The number of amides is 1. The van der Waals surface area contributed by atoms with Crippen LogP contribution in [0.25, 0.3) is 10.9 Å². The quantitative estimate of drug-likeness (QED) is 0.324. The monoisotopic (exact) mass is 582 g/mol. The van der Waals surface area contributed by atoms with E-state index in [9.17, 15) is 19.2 Å². The van der Waals surface area contributed by atoms with Gasteiger partial charge in [0.1, 0.15) is 23.3 Å². The van der Waals surface area contributed by atoms with E-state index in [1.807, 2.05) is 12.1 Å². The molecule has 2 fully saturated rings. The number of hydrogen-bond donors (Lipinski definition) is 2. The number of pyridine rings is 1. The molecule has 0 saturated carbocycles. The number of nitrogens with zero attached hydrogens (tertiary/aromatic N) is 4. The number of hydrogen-bond acceptors (Lipinski definition) is 6. The van der Waals surface area contributed by atoms with Gasteiger partial charge in [0, 0.05) is 62.8 Å². The predicted molar refractivity (Wildman–Crippen MR) is 163 cm³/mol. The number of nitriles is 1. The first kappa shape index (κ1) is 28.5. The van der Waals surface area contributed by atoms with Gasteiger partial charge < -0.3 is 29.4 Å². The highest BCUT2D eigenvalue weighted by Gasteiger charge is 2.44. The first-order valence-electron chi connectivity index (χ1n) is 14.6. The summed E-state index contributed by atoms with van der Waals surface area (Å²) in [7, 11) is 3.17. The minimum Gasteiger partial charge on any atom is -0.448 e. The fourth-order valence-electron chi connectivity index (χ4n) is 6.61. The Morgan fingerprint density at radius 2 is 1.95 bits per heavy atom. The number of halogens is 1. The highest BCUT2D eigenvalue weighted by Crippen LogP contribution is 2.43. The van der Waals surface area contributed by atoms with Crippen LogP contribution in [0.1, 0.15) is 40.0 Å². The van der Waals surface area contributed by atoms with Gasteiger partial charge in [-0.2, -0.15) is 5.26 Å². The van der Waals surface area contributed by atoms with E-state index in [1.54, 1.807) is 20.3 Å². The topological polar surface area (TPSA) is 108 Å². The van der Waals surface area contributed by atoms with E-state index in [1.165, 1.54) is 28.2 Å². The van der Waals surface area contributed by atoms with Gasteiger partial charge in [-0.3, -0.25) is 9.59 Å². The maximum absolute atomic E-state index is 14.0. The van der Waals surface area contributed by atoms with Crippen molar-refractivity contribution in [3.05, 3.63) is 87.2 Å². The van der Waals surface area contributed by atoms with Gasteiger partial charge in [0.2, 0.25) is 5.75 Å². The van der Waals surface area contributed by atoms with Crippen molar-refractivity contribution in [1.82, 2.24) is 19.8 Å². The smallest absolute Gasteiger partial charge is 0.293 e. The predicted octanol–water partition coefficient (Wildman–Crippen LogP) is 4.81. The maximum atomic E-state index is 14.0. The number of likely N-dealkylation sites (tertiary alicyclic amines) is 1. The van der Waals surface area contributed by atoms with E-state index in [0.717, 1.165) is 69.0 Å². The van der Waals surface area contributed by atoms with Crippen LogP contribution in [0.2, 0.25) is 0 Å². The molecule has 2 aliphatic rings. The molecule has 4 aromatic rings. The molecule has 2 aromatic heterocycles. The second kappa shape index (κ2) is 11.2. The lowest BCUT2D eigenvalue weighted by Gasteiger charge is -2.26. The molecule has 1 spiro atoms. The molecule has 9 nitrogen and oxygen atoms in total. The van der Waals surface area contributed by atoms with Gasteiger partial charge in [0.05, 0.1) is 11.3 Å². The summed E-state index contributed by atoms with van der Waals surface area (Å²) >= 11 is 0. The first-order valence-corrected chi connectivity index (χ1v) is 14.6. The Bertz CT molecular complexity index is 1800. The number of anilines is 1.